The third-order valence-electron chi connectivity index (χ3n) is 3.25. The third kappa shape index (κ3) is 5.64. The van der Waals surface area contributed by atoms with Gasteiger partial charge in [-0.2, -0.15) is 0 Å². The smallest absolute Gasteiger partial charge is 0.322 e. The molecule has 0 N–H and O–H groups in total. The van der Waals surface area contributed by atoms with E-state index in [1.807, 2.05) is 25.1 Å². The summed E-state index contributed by atoms with van der Waals surface area (Å²) in [4.78, 5) is 28.9. The highest BCUT2D eigenvalue weighted by Crippen LogP contribution is 2.20. The van der Waals surface area contributed by atoms with Gasteiger partial charge in [-0.15, -0.1) is 0 Å². The lowest BCUT2D eigenvalue weighted by molar-refractivity contribution is -0.147. The van der Waals surface area contributed by atoms with E-state index in [-0.39, 0.29) is 11.6 Å². The summed E-state index contributed by atoms with van der Waals surface area (Å²) in [5, 5.41) is 0.289. The second-order valence-electron chi connectivity index (χ2n) is 4.91. The van der Waals surface area contributed by atoms with E-state index in [9.17, 15) is 9.59 Å². The van der Waals surface area contributed by atoms with Crippen molar-refractivity contribution in [2.24, 2.45) is 10.9 Å². The van der Waals surface area contributed by atoms with E-state index in [0.717, 1.165) is 12.0 Å². The summed E-state index contributed by atoms with van der Waals surface area (Å²) in [5.74, 6) is -2.02. The van der Waals surface area contributed by atoms with Gasteiger partial charge in [-0.25, -0.2) is 0 Å². The van der Waals surface area contributed by atoms with Crippen LogP contribution in [0.4, 0.5) is 0 Å². The first-order valence-electron chi connectivity index (χ1n) is 7.63. The number of allylic oxidation sites excluding steroid dienone is 1. The predicted octanol–water partition coefficient (Wildman–Crippen LogP) is 3.89. The van der Waals surface area contributed by atoms with Crippen LogP contribution in [0, 0.1) is 5.92 Å². The number of ketones is 1. The summed E-state index contributed by atoms with van der Waals surface area (Å²) in [5.41, 5.74) is 1.24. The molecule has 0 fully saturated rings. The molecule has 0 heterocycles. The molecule has 0 aromatic heterocycles. The SMILES string of the molecule is CCCC(=NC)C(C(=O)C=C(Cl)c1ccccc1)C(=O)OCC. The van der Waals surface area contributed by atoms with Crippen LogP contribution < -0.4 is 0 Å². The van der Waals surface area contributed by atoms with E-state index in [1.165, 1.54) is 6.08 Å². The molecular weight excluding hydrogens is 314 g/mol. The molecule has 5 heteroatoms. The predicted molar refractivity (Wildman–Crippen MR) is 93.7 cm³/mol. The quantitative estimate of drug-likeness (QED) is 0.313. The largest absolute Gasteiger partial charge is 0.465 e. The van der Waals surface area contributed by atoms with Crippen molar-refractivity contribution >= 4 is 34.1 Å². The van der Waals surface area contributed by atoms with E-state index in [0.29, 0.717) is 12.1 Å². The third-order valence-corrected chi connectivity index (χ3v) is 3.58. The zero-order valence-electron chi connectivity index (χ0n) is 13.7. The molecule has 0 saturated heterocycles. The van der Waals surface area contributed by atoms with E-state index in [1.54, 1.807) is 26.1 Å². The molecule has 0 saturated carbocycles. The van der Waals surface area contributed by atoms with Crippen molar-refractivity contribution in [3.8, 4) is 0 Å². The second-order valence-corrected chi connectivity index (χ2v) is 5.32. The number of aliphatic imine (C=N–C) groups is 1. The molecule has 124 valence electrons. The Hall–Kier alpha value is -1.94. The summed E-state index contributed by atoms with van der Waals surface area (Å²) in [6.07, 6.45) is 2.62. The second kappa shape index (κ2) is 9.95. The topological polar surface area (TPSA) is 55.7 Å². The molecule has 4 nitrogen and oxygen atoms in total. The summed E-state index contributed by atoms with van der Waals surface area (Å²) in [7, 11) is 1.58. The number of carbonyl (C=O) groups excluding carboxylic acids is 2. The van der Waals surface area contributed by atoms with Crippen LogP contribution in [0.2, 0.25) is 0 Å². The van der Waals surface area contributed by atoms with Crippen LogP contribution in [-0.2, 0) is 14.3 Å². The molecule has 23 heavy (non-hydrogen) atoms. The maximum Gasteiger partial charge on any atom is 0.322 e. The molecule has 1 aromatic carbocycles. The molecule has 1 unspecified atom stereocenters. The standard InChI is InChI=1S/C18H22ClNO3/c1-4-9-15(20-3)17(18(22)23-5-2)16(21)12-14(19)13-10-7-6-8-11-13/h6-8,10-12,17H,4-5,9H2,1-3H3. The molecule has 0 aliphatic carbocycles. The van der Waals surface area contributed by atoms with Gasteiger partial charge in [0.05, 0.1) is 11.6 Å². The van der Waals surface area contributed by atoms with Gasteiger partial charge in [0, 0.05) is 18.8 Å². The van der Waals surface area contributed by atoms with Crippen LogP contribution in [0.3, 0.4) is 0 Å². The van der Waals surface area contributed by atoms with Crippen LogP contribution >= 0.6 is 11.6 Å². The van der Waals surface area contributed by atoms with Gasteiger partial charge in [0.15, 0.2) is 11.7 Å². The van der Waals surface area contributed by atoms with Gasteiger partial charge >= 0.3 is 5.97 Å². The van der Waals surface area contributed by atoms with Gasteiger partial charge in [-0.05, 0) is 18.9 Å². The van der Waals surface area contributed by atoms with Crippen molar-refractivity contribution in [2.75, 3.05) is 13.7 Å². The van der Waals surface area contributed by atoms with Gasteiger partial charge in [0.2, 0.25) is 0 Å². The molecule has 0 spiro atoms. The molecule has 1 atom stereocenters. The summed E-state index contributed by atoms with van der Waals surface area (Å²) in [6, 6.07) is 9.11. The Bertz CT molecular complexity index is 594. The average molecular weight is 336 g/mol. The highest BCUT2D eigenvalue weighted by Gasteiger charge is 2.31. The number of carbonyl (C=O) groups is 2. The molecule has 0 aliphatic heterocycles. The lowest BCUT2D eigenvalue weighted by atomic mass is 9.94. The molecule has 0 amide bonds. The van der Waals surface area contributed by atoms with Gasteiger partial charge in [-0.3, -0.25) is 14.6 Å². The highest BCUT2D eigenvalue weighted by atomic mass is 35.5. The fraction of sp³-hybridized carbons (Fsp3) is 0.389. The minimum atomic E-state index is -1.03. The lowest BCUT2D eigenvalue weighted by Crippen LogP contribution is -2.32. The first kappa shape index (κ1) is 19.1. The maximum atomic E-state index is 12.6. The van der Waals surface area contributed by atoms with E-state index in [2.05, 4.69) is 4.99 Å². The fourth-order valence-corrected chi connectivity index (χ4v) is 2.41. The van der Waals surface area contributed by atoms with Crippen molar-refractivity contribution < 1.29 is 14.3 Å². The number of rotatable bonds is 8. The summed E-state index contributed by atoms with van der Waals surface area (Å²) < 4.78 is 5.03. The van der Waals surface area contributed by atoms with Crippen molar-refractivity contribution in [1.82, 2.24) is 0 Å². The number of ether oxygens (including phenoxy) is 1. The monoisotopic (exact) mass is 335 g/mol. The van der Waals surface area contributed by atoms with Crippen molar-refractivity contribution in [3.63, 3.8) is 0 Å². The Balaban J connectivity index is 3.10. The molecule has 1 aromatic rings. The molecule has 0 radical (unpaired) electrons. The fourth-order valence-electron chi connectivity index (χ4n) is 2.17. The van der Waals surface area contributed by atoms with Crippen LogP contribution in [-0.4, -0.2) is 31.1 Å². The number of hydrogen-bond acceptors (Lipinski definition) is 4. The molecule has 1 rings (SSSR count). The lowest BCUT2D eigenvalue weighted by Gasteiger charge is -2.15. The zero-order chi connectivity index (χ0) is 17.2. The van der Waals surface area contributed by atoms with Crippen molar-refractivity contribution in [3.05, 3.63) is 42.0 Å². The maximum absolute atomic E-state index is 12.6. The number of benzene rings is 1. The number of halogens is 1. The first-order chi connectivity index (χ1) is 11.0. The van der Waals surface area contributed by atoms with Crippen LogP contribution in [0.1, 0.15) is 32.3 Å². The van der Waals surface area contributed by atoms with E-state index < -0.39 is 17.7 Å². The van der Waals surface area contributed by atoms with Gasteiger partial charge < -0.3 is 4.74 Å². The summed E-state index contributed by atoms with van der Waals surface area (Å²) >= 11 is 6.20. The highest BCUT2D eigenvalue weighted by molar-refractivity contribution is 6.50. The van der Waals surface area contributed by atoms with E-state index in [4.69, 9.17) is 16.3 Å². The minimum Gasteiger partial charge on any atom is -0.465 e. The van der Waals surface area contributed by atoms with Gasteiger partial charge in [0.1, 0.15) is 0 Å². The molecule has 0 aliphatic rings. The van der Waals surface area contributed by atoms with Crippen molar-refractivity contribution in [2.45, 2.75) is 26.7 Å². The van der Waals surface area contributed by atoms with Crippen LogP contribution in [0.5, 0.6) is 0 Å². The summed E-state index contributed by atoms with van der Waals surface area (Å²) in [6.45, 7) is 3.88. The average Bonchev–Trinajstić information content (AvgIpc) is 2.55. The Kier molecular flexibility index (Phi) is 8.27. The Morgan fingerprint density at radius 1 is 1.26 bits per heavy atom. The Morgan fingerprint density at radius 2 is 1.91 bits per heavy atom. The minimum absolute atomic E-state index is 0.210. The van der Waals surface area contributed by atoms with Crippen LogP contribution in [0.25, 0.3) is 5.03 Å². The first-order valence-corrected chi connectivity index (χ1v) is 8.01. The molecule has 0 bridgehead atoms. The van der Waals surface area contributed by atoms with Crippen LogP contribution in [0.15, 0.2) is 41.4 Å². The van der Waals surface area contributed by atoms with Gasteiger partial charge in [-0.1, -0.05) is 55.3 Å². The zero-order valence-corrected chi connectivity index (χ0v) is 14.5. The van der Waals surface area contributed by atoms with Crippen molar-refractivity contribution in [1.29, 1.82) is 0 Å². The Labute approximate surface area is 142 Å². The number of hydrogen-bond donors (Lipinski definition) is 0. The van der Waals surface area contributed by atoms with E-state index >= 15 is 0 Å². The normalized spacial score (nSPS) is 13.6. The Morgan fingerprint density at radius 3 is 2.43 bits per heavy atom. The molecular formula is C18H22ClNO3. The number of nitrogens with zero attached hydrogens (tertiary/aromatic N) is 1. The number of esters is 1. The van der Waals surface area contributed by atoms with Gasteiger partial charge in [0.25, 0.3) is 0 Å².